The summed E-state index contributed by atoms with van der Waals surface area (Å²) in [6.07, 6.45) is -0.00410. The summed E-state index contributed by atoms with van der Waals surface area (Å²) >= 11 is 0. The number of pyridine rings is 1. The van der Waals surface area contributed by atoms with Gasteiger partial charge in [-0.2, -0.15) is 5.26 Å². The van der Waals surface area contributed by atoms with E-state index in [2.05, 4.69) is 15.6 Å². The number of nitriles is 1. The number of ether oxygens (including phenoxy) is 1. The molecule has 0 bridgehead atoms. The van der Waals surface area contributed by atoms with Gasteiger partial charge in [0.25, 0.3) is 0 Å². The number of hydrogen-bond acceptors (Lipinski definition) is 6. The number of amides is 2. The van der Waals surface area contributed by atoms with Crippen molar-refractivity contribution in [1.82, 2.24) is 10.3 Å². The first-order valence-corrected chi connectivity index (χ1v) is 11.0. The second-order valence-corrected chi connectivity index (χ2v) is 7.99. The highest BCUT2D eigenvalue weighted by molar-refractivity contribution is 5.96. The van der Waals surface area contributed by atoms with Gasteiger partial charge in [-0.3, -0.25) is 9.59 Å². The number of carbonyl (C=O) groups is 3. The smallest absolute Gasteiger partial charge is 0.407 e. The highest BCUT2D eigenvalue weighted by Gasteiger charge is 2.30. The Morgan fingerprint density at radius 2 is 1.69 bits per heavy atom. The number of benzene rings is 2. The molecule has 3 aromatic rings. The summed E-state index contributed by atoms with van der Waals surface area (Å²) in [4.78, 5) is 40.3. The van der Waals surface area contributed by atoms with E-state index >= 15 is 0 Å². The molecule has 3 N–H and O–H groups in total. The standard InChI is InChI=1S/C26H22N4O5/c27-13-16-9-11-23(28-14-16)30-25(33)22(10-12-24(31)32)29-26(34)35-15-21-19-7-3-1-5-17(19)18-6-2-4-8-20(18)21/h1-9,11,14,21-22H,10,12,15H2,(H,29,34)(H,31,32)(H,28,30,33). The number of aromatic nitrogens is 1. The maximum absolute atomic E-state index is 12.7. The molecule has 2 amide bonds. The number of carbonyl (C=O) groups excluding carboxylic acids is 2. The van der Waals surface area contributed by atoms with Crippen molar-refractivity contribution in [3.63, 3.8) is 0 Å². The van der Waals surface area contributed by atoms with Crippen LogP contribution >= 0.6 is 0 Å². The number of carboxylic acid groups (broad SMARTS) is 1. The molecule has 0 spiro atoms. The zero-order valence-corrected chi connectivity index (χ0v) is 18.6. The number of aliphatic carboxylic acids is 1. The van der Waals surface area contributed by atoms with Crippen LogP contribution in [-0.2, 0) is 14.3 Å². The average Bonchev–Trinajstić information content (AvgIpc) is 3.19. The lowest BCUT2D eigenvalue weighted by Gasteiger charge is -2.19. The zero-order valence-electron chi connectivity index (χ0n) is 18.6. The molecule has 176 valence electrons. The molecule has 1 aliphatic rings. The van der Waals surface area contributed by atoms with E-state index in [9.17, 15) is 14.4 Å². The van der Waals surface area contributed by atoms with Gasteiger partial charge in [0.1, 0.15) is 24.5 Å². The monoisotopic (exact) mass is 470 g/mol. The third-order valence-corrected chi connectivity index (χ3v) is 5.74. The molecule has 1 aliphatic carbocycles. The van der Waals surface area contributed by atoms with Crippen LogP contribution in [0.25, 0.3) is 11.1 Å². The average molecular weight is 470 g/mol. The molecule has 1 atom stereocenters. The Labute approximate surface area is 201 Å². The van der Waals surface area contributed by atoms with Crippen molar-refractivity contribution in [3.8, 4) is 17.2 Å². The van der Waals surface area contributed by atoms with Gasteiger partial charge < -0.3 is 20.5 Å². The Kier molecular flexibility index (Phi) is 7.02. The molecule has 0 radical (unpaired) electrons. The topological polar surface area (TPSA) is 141 Å². The molecule has 35 heavy (non-hydrogen) atoms. The van der Waals surface area contributed by atoms with Gasteiger partial charge in [0.2, 0.25) is 5.91 Å². The molecule has 1 unspecified atom stereocenters. The van der Waals surface area contributed by atoms with Crippen LogP contribution in [0.2, 0.25) is 0 Å². The van der Waals surface area contributed by atoms with Gasteiger partial charge in [0, 0.05) is 18.5 Å². The van der Waals surface area contributed by atoms with Gasteiger partial charge in [-0.25, -0.2) is 9.78 Å². The summed E-state index contributed by atoms with van der Waals surface area (Å²) < 4.78 is 5.48. The number of hydrogen-bond donors (Lipinski definition) is 3. The molecule has 9 heteroatoms. The second kappa shape index (κ2) is 10.5. The van der Waals surface area contributed by atoms with Crippen molar-refractivity contribution >= 4 is 23.8 Å². The molecule has 0 fully saturated rings. The van der Waals surface area contributed by atoms with E-state index in [1.165, 1.54) is 18.3 Å². The second-order valence-electron chi connectivity index (χ2n) is 7.99. The van der Waals surface area contributed by atoms with Crippen LogP contribution in [0.5, 0.6) is 0 Å². The predicted molar refractivity (Wildman–Crippen MR) is 126 cm³/mol. The van der Waals surface area contributed by atoms with E-state index in [1.807, 2.05) is 54.6 Å². The van der Waals surface area contributed by atoms with Crippen LogP contribution in [0.1, 0.15) is 35.4 Å². The van der Waals surface area contributed by atoms with E-state index in [4.69, 9.17) is 15.1 Å². The summed E-state index contributed by atoms with van der Waals surface area (Å²) in [6, 6.07) is 19.5. The van der Waals surface area contributed by atoms with Crippen LogP contribution in [-0.4, -0.2) is 40.7 Å². The van der Waals surface area contributed by atoms with Crippen molar-refractivity contribution in [2.75, 3.05) is 11.9 Å². The van der Waals surface area contributed by atoms with Crippen LogP contribution in [0.3, 0.4) is 0 Å². The lowest BCUT2D eigenvalue weighted by molar-refractivity contribution is -0.137. The Bertz CT molecular complexity index is 1250. The number of carboxylic acids is 1. The normalized spacial score (nSPS) is 12.5. The minimum Gasteiger partial charge on any atom is -0.481 e. The number of rotatable bonds is 8. The highest BCUT2D eigenvalue weighted by Crippen LogP contribution is 2.44. The lowest BCUT2D eigenvalue weighted by atomic mass is 9.98. The van der Waals surface area contributed by atoms with Crippen LogP contribution in [0.4, 0.5) is 10.6 Å². The first-order valence-electron chi connectivity index (χ1n) is 11.0. The number of anilines is 1. The van der Waals surface area contributed by atoms with Crippen molar-refractivity contribution < 1.29 is 24.2 Å². The first-order chi connectivity index (χ1) is 17.0. The van der Waals surface area contributed by atoms with Crippen LogP contribution in [0.15, 0.2) is 66.9 Å². The fraction of sp³-hybridized carbons (Fsp3) is 0.192. The van der Waals surface area contributed by atoms with Crippen LogP contribution in [0, 0.1) is 11.3 Å². The van der Waals surface area contributed by atoms with Gasteiger partial charge in [0.15, 0.2) is 0 Å². The van der Waals surface area contributed by atoms with Gasteiger partial charge in [-0.15, -0.1) is 0 Å². The van der Waals surface area contributed by atoms with Crippen molar-refractivity contribution in [2.24, 2.45) is 0 Å². The fourth-order valence-electron chi connectivity index (χ4n) is 4.07. The molecule has 0 saturated carbocycles. The van der Waals surface area contributed by atoms with Crippen LogP contribution < -0.4 is 10.6 Å². The van der Waals surface area contributed by atoms with E-state index in [-0.39, 0.29) is 31.2 Å². The highest BCUT2D eigenvalue weighted by atomic mass is 16.5. The number of nitrogens with one attached hydrogen (secondary N) is 2. The van der Waals surface area contributed by atoms with Crippen molar-refractivity contribution in [3.05, 3.63) is 83.6 Å². The van der Waals surface area contributed by atoms with E-state index < -0.39 is 24.0 Å². The summed E-state index contributed by atoms with van der Waals surface area (Å²) in [7, 11) is 0. The molecule has 1 aromatic heterocycles. The van der Waals surface area contributed by atoms with Gasteiger partial charge in [-0.1, -0.05) is 48.5 Å². The van der Waals surface area contributed by atoms with Crippen molar-refractivity contribution in [1.29, 1.82) is 5.26 Å². The summed E-state index contributed by atoms with van der Waals surface area (Å²) in [5.41, 5.74) is 4.60. The number of alkyl carbamates (subject to hydrolysis) is 1. The van der Waals surface area contributed by atoms with Gasteiger partial charge >= 0.3 is 12.1 Å². The lowest BCUT2D eigenvalue weighted by Crippen LogP contribution is -2.44. The SMILES string of the molecule is N#Cc1ccc(NC(=O)C(CCC(=O)O)NC(=O)OCC2c3ccccc3-c3ccccc32)nc1. The van der Waals surface area contributed by atoms with E-state index in [0.717, 1.165) is 22.3 Å². The van der Waals surface area contributed by atoms with E-state index in [0.29, 0.717) is 5.56 Å². The number of nitrogens with zero attached hydrogens (tertiary/aromatic N) is 2. The predicted octanol–water partition coefficient (Wildman–Crippen LogP) is 3.66. The quantitative estimate of drug-likeness (QED) is 0.456. The van der Waals surface area contributed by atoms with Crippen molar-refractivity contribution in [2.45, 2.75) is 24.8 Å². The molecule has 0 aliphatic heterocycles. The molecule has 1 heterocycles. The Morgan fingerprint density at radius 1 is 1.03 bits per heavy atom. The molecule has 9 nitrogen and oxygen atoms in total. The molecule has 4 rings (SSSR count). The Hall–Kier alpha value is -4.71. The Morgan fingerprint density at radius 3 is 2.26 bits per heavy atom. The summed E-state index contributed by atoms with van der Waals surface area (Å²) in [6.45, 7) is 0.0598. The summed E-state index contributed by atoms with van der Waals surface area (Å²) in [5, 5.41) is 22.9. The molecular weight excluding hydrogens is 448 g/mol. The first kappa shape index (κ1) is 23.4. The maximum atomic E-state index is 12.7. The number of fused-ring (bicyclic) bond motifs is 3. The zero-order chi connectivity index (χ0) is 24.8. The largest absolute Gasteiger partial charge is 0.481 e. The molecule has 2 aromatic carbocycles. The Balaban J connectivity index is 1.42. The third-order valence-electron chi connectivity index (χ3n) is 5.74. The van der Waals surface area contributed by atoms with Gasteiger partial charge in [-0.05, 0) is 40.8 Å². The minimum atomic E-state index is -1.15. The molecule has 0 saturated heterocycles. The fourth-order valence-corrected chi connectivity index (χ4v) is 4.07. The molecular formula is C26H22N4O5. The third kappa shape index (κ3) is 5.45. The van der Waals surface area contributed by atoms with E-state index in [1.54, 1.807) is 0 Å². The summed E-state index contributed by atoms with van der Waals surface area (Å²) in [5.74, 6) is -1.73. The maximum Gasteiger partial charge on any atom is 0.407 e. The minimum absolute atomic E-state index is 0.0598. The van der Waals surface area contributed by atoms with Gasteiger partial charge in [0.05, 0.1) is 5.56 Å².